The van der Waals surface area contributed by atoms with Crippen molar-refractivity contribution in [3.63, 3.8) is 0 Å². The molecule has 3 aromatic rings. The number of amides is 2. The van der Waals surface area contributed by atoms with E-state index in [4.69, 9.17) is 9.47 Å². The molecule has 0 aliphatic carbocycles. The SMILES string of the molecule is COc1cc2c(cc1OC)-c1c(-c3ccsc3)cc(C(=O)N(C)CC(=O)N(C)CC(C)C)n1CC2. The number of likely N-dealkylation sites (N-methyl/N-ethyl adjacent to an activating group) is 2. The van der Waals surface area contributed by atoms with Gasteiger partial charge in [-0.3, -0.25) is 9.59 Å². The summed E-state index contributed by atoms with van der Waals surface area (Å²) in [6, 6.07) is 8.05. The number of carbonyl (C=O) groups excluding carboxylic acids is 2. The Hall–Kier alpha value is -3.26. The van der Waals surface area contributed by atoms with Crippen LogP contribution in [0, 0.1) is 5.92 Å². The Labute approximate surface area is 210 Å². The average molecular weight is 496 g/mol. The maximum Gasteiger partial charge on any atom is 0.270 e. The molecule has 35 heavy (non-hydrogen) atoms. The average Bonchev–Trinajstić information content (AvgIpc) is 3.50. The monoisotopic (exact) mass is 495 g/mol. The highest BCUT2D eigenvalue weighted by Gasteiger charge is 2.30. The zero-order chi connectivity index (χ0) is 25.3. The molecule has 0 saturated heterocycles. The van der Waals surface area contributed by atoms with E-state index in [-0.39, 0.29) is 18.4 Å². The van der Waals surface area contributed by atoms with Crippen molar-refractivity contribution < 1.29 is 19.1 Å². The lowest BCUT2D eigenvalue weighted by Gasteiger charge is -2.26. The van der Waals surface area contributed by atoms with Gasteiger partial charge in [0.05, 0.1) is 26.5 Å². The van der Waals surface area contributed by atoms with Gasteiger partial charge in [-0.1, -0.05) is 13.8 Å². The predicted molar refractivity (Wildman–Crippen MR) is 139 cm³/mol. The number of methoxy groups -OCH3 is 2. The molecule has 8 heteroatoms. The van der Waals surface area contributed by atoms with E-state index in [1.807, 2.05) is 23.6 Å². The third-order valence-corrected chi connectivity index (χ3v) is 7.08. The van der Waals surface area contributed by atoms with Crippen LogP contribution in [0.3, 0.4) is 0 Å². The molecule has 0 saturated carbocycles. The van der Waals surface area contributed by atoms with Crippen molar-refractivity contribution in [2.24, 2.45) is 5.92 Å². The number of benzene rings is 1. The van der Waals surface area contributed by atoms with Crippen LogP contribution in [0.1, 0.15) is 29.9 Å². The second kappa shape index (κ2) is 10.2. The summed E-state index contributed by atoms with van der Waals surface area (Å²) >= 11 is 1.62. The van der Waals surface area contributed by atoms with Crippen molar-refractivity contribution in [1.29, 1.82) is 0 Å². The molecule has 0 N–H and O–H groups in total. The number of nitrogens with zero attached hydrogens (tertiary/aromatic N) is 3. The molecule has 1 aliphatic rings. The van der Waals surface area contributed by atoms with Gasteiger partial charge in [0.2, 0.25) is 5.91 Å². The summed E-state index contributed by atoms with van der Waals surface area (Å²) in [5.74, 6) is 1.49. The molecule has 3 heterocycles. The first-order valence-electron chi connectivity index (χ1n) is 11.8. The Morgan fingerprint density at radius 2 is 1.77 bits per heavy atom. The van der Waals surface area contributed by atoms with Gasteiger partial charge in [-0.05, 0) is 58.5 Å². The van der Waals surface area contributed by atoms with Crippen molar-refractivity contribution in [3.05, 3.63) is 46.3 Å². The summed E-state index contributed by atoms with van der Waals surface area (Å²) in [7, 11) is 6.74. The molecule has 0 atom stereocenters. The predicted octanol–water partition coefficient (Wildman–Crippen LogP) is 4.64. The van der Waals surface area contributed by atoms with E-state index in [0.29, 0.717) is 36.2 Å². The van der Waals surface area contributed by atoms with E-state index in [0.717, 1.165) is 34.4 Å². The van der Waals surface area contributed by atoms with Crippen LogP contribution in [0.4, 0.5) is 0 Å². The van der Waals surface area contributed by atoms with Gasteiger partial charge in [-0.2, -0.15) is 11.3 Å². The first-order chi connectivity index (χ1) is 16.7. The summed E-state index contributed by atoms with van der Waals surface area (Å²) in [6.07, 6.45) is 0.764. The molecule has 2 amide bonds. The van der Waals surface area contributed by atoms with Gasteiger partial charge in [-0.25, -0.2) is 0 Å². The van der Waals surface area contributed by atoms with Gasteiger partial charge in [0, 0.05) is 38.3 Å². The second-order valence-corrected chi connectivity index (χ2v) is 10.2. The molecule has 2 aromatic heterocycles. The minimum Gasteiger partial charge on any atom is -0.493 e. The van der Waals surface area contributed by atoms with Gasteiger partial charge < -0.3 is 23.8 Å². The van der Waals surface area contributed by atoms with Crippen molar-refractivity contribution in [3.8, 4) is 33.9 Å². The fraction of sp³-hybridized carbons (Fsp3) is 0.407. The van der Waals surface area contributed by atoms with E-state index in [2.05, 4.69) is 29.9 Å². The highest BCUT2D eigenvalue weighted by Crippen LogP contribution is 2.44. The van der Waals surface area contributed by atoms with Gasteiger partial charge in [0.1, 0.15) is 5.69 Å². The number of aryl methyl sites for hydroxylation is 1. The molecule has 1 aliphatic heterocycles. The first kappa shape index (κ1) is 24.9. The zero-order valence-corrected chi connectivity index (χ0v) is 22.1. The van der Waals surface area contributed by atoms with Crippen LogP contribution in [0.5, 0.6) is 11.5 Å². The Morgan fingerprint density at radius 3 is 2.40 bits per heavy atom. The maximum absolute atomic E-state index is 13.6. The quantitative estimate of drug-likeness (QED) is 0.457. The second-order valence-electron chi connectivity index (χ2n) is 9.40. The fourth-order valence-electron chi connectivity index (χ4n) is 4.71. The van der Waals surface area contributed by atoms with Crippen LogP contribution < -0.4 is 9.47 Å². The number of hydrogen-bond donors (Lipinski definition) is 0. The van der Waals surface area contributed by atoms with Gasteiger partial charge in [0.25, 0.3) is 5.91 Å². The third-order valence-electron chi connectivity index (χ3n) is 6.40. The fourth-order valence-corrected chi connectivity index (χ4v) is 5.36. The number of ether oxygens (including phenoxy) is 2. The lowest BCUT2D eigenvalue weighted by Crippen LogP contribution is -2.41. The summed E-state index contributed by atoms with van der Waals surface area (Å²) in [6.45, 7) is 5.50. The number of hydrogen-bond acceptors (Lipinski definition) is 5. The Morgan fingerprint density at radius 1 is 1.06 bits per heavy atom. The normalized spacial score (nSPS) is 12.2. The lowest BCUT2D eigenvalue weighted by molar-refractivity contribution is -0.130. The molecule has 0 unspecified atom stereocenters. The molecule has 186 valence electrons. The smallest absolute Gasteiger partial charge is 0.270 e. The molecule has 1 aromatic carbocycles. The molecular formula is C27H33N3O4S. The van der Waals surface area contributed by atoms with Crippen molar-refractivity contribution in [2.45, 2.75) is 26.8 Å². The van der Waals surface area contributed by atoms with Crippen LogP contribution in [-0.2, 0) is 17.8 Å². The van der Waals surface area contributed by atoms with Gasteiger partial charge >= 0.3 is 0 Å². The third kappa shape index (κ3) is 4.80. The molecule has 7 nitrogen and oxygen atoms in total. The van der Waals surface area contributed by atoms with Crippen molar-refractivity contribution in [2.75, 3.05) is 41.4 Å². The molecule has 0 spiro atoms. The van der Waals surface area contributed by atoms with E-state index < -0.39 is 0 Å². The van der Waals surface area contributed by atoms with Crippen LogP contribution in [0.15, 0.2) is 35.0 Å². The van der Waals surface area contributed by atoms with E-state index in [9.17, 15) is 9.59 Å². The summed E-state index contributed by atoms with van der Waals surface area (Å²) in [5, 5.41) is 4.13. The highest BCUT2D eigenvalue weighted by atomic mass is 32.1. The largest absolute Gasteiger partial charge is 0.493 e. The topological polar surface area (TPSA) is 64.0 Å². The summed E-state index contributed by atoms with van der Waals surface area (Å²) in [5.41, 5.74) is 5.83. The number of thiophene rings is 1. The number of carbonyl (C=O) groups is 2. The standard InChI is InChI=1S/C27H33N3O4S/c1-17(2)14-28(3)25(31)15-29(4)27(32)22-12-20(19-8-10-35-16-19)26-21-13-24(34-6)23(33-5)11-18(21)7-9-30(22)26/h8,10-13,16-17H,7,9,14-15H2,1-6H3. The lowest BCUT2D eigenvalue weighted by atomic mass is 9.94. The van der Waals surface area contributed by atoms with Crippen molar-refractivity contribution >= 4 is 23.2 Å². The first-order valence-corrected chi connectivity index (χ1v) is 12.7. The zero-order valence-electron chi connectivity index (χ0n) is 21.3. The minimum absolute atomic E-state index is 0.0396. The van der Waals surface area contributed by atoms with E-state index in [1.54, 1.807) is 44.6 Å². The molecule has 0 fully saturated rings. The Kier molecular flexibility index (Phi) is 7.21. The number of rotatable bonds is 8. The van der Waals surface area contributed by atoms with E-state index >= 15 is 0 Å². The van der Waals surface area contributed by atoms with Crippen LogP contribution in [0.2, 0.25) is 0 Å². The van der Waals surface area contributed by atoms with Gasteiger partial charge in [-0.15, -0.1) is 0 Å². The maximum atomic E-state index is 13.6. The Bertz CT molecular complexity index is 1230. The minimum atomic E-state index is -0.164. The van der Waals surface area contributed by atoms with Crippen LogP contribution in [0.25, 0.3) is 22.4 Å². The number of aromatic nitrogens is 1. The van der Waals surface area contributed by atoms with E-state index in [1.165, 1.54) is 4.90 Å². The molecule has 4 rings (SSSR count). The highest BCUT2D eigenvalue weighted by molar-refractivity contribution is 7.08. The summed E-state index contributed by atoms with van der Waals surface area (Å²) < 4.78 is 13.2. The summed E-state index contributed by atoms with van der Waals surface area (Å²) in [4.78, 5) is 29.5. The van der Waals surface area contributed by atoms with Crippen LogP contribution in [-0.4, -0.2) is 67.6 Å². The number of fused-ring (bicyclic) bond motifs is 3. The molecular weight excluding hydrogens is 462 g/mol. The molecule has 0 radical (unpaired) electrons. The van der Waals surface area contributed by atoms with Crippen LogP contribution >= 0.6 is 11.3 Å². The van der Waals surface area contributed by atoms with Crippen molar-refractivity contribution in [1.82, 2.24) is 14.4 Å². The van der Waals surface area contributed by atoms with Gasteiger partial charge in [0.15, 0.2) is 11.5 Å². The Balaban J connectivity index is 1.75. The molecule has 0 bridgehead atoms.